The molecular formula is C21H21F2N3O2S. The van der Waals surface area contributed by atoms with E-state index in [1.165, 1.54) is 17.8 Å². The molecule has 0 N–H and O–H groups in total. The molecule has 0 aliphatic heterocycles. The summed E-state index contributed by atoms with van der Waals surface area (Å²) in [6.45, 7) is 5.71. The quantitative estimate of drug-likeness (QED) is 0.392. The molecule has 0 radical (unpaired) electrons. The van der Waals surface area contributed by atoms with Crippen molar-refractivity contribution in [2.45, 2.75) is 37.2 Å². The summed E-state index contributed by atoms with van der Waals surface area (Å²) in [7, 11) is 1.60. The summed E-state index contributed by atoms with van der Waals surface area (Å²) in [4.78, 5) is 12.7. The predicted octanol–water partition coefficient (Wildman–Crippen LogP) is 5.18. The summed E-state index contributed by atoms with van der Waals surface area (Å²) in [5, 5.41) is 8.59. The lowest BCUT2D eigenvalue weighted by Crippen LogP contribution is -2.16. The monoisotopic (exact) mass is 417 g/mol. The van der Waals surface area contributed by atoms with Crippen molar-refractivity contribution < 1.29 is 18.3 Å². The zero-order valence-electron chi connectivity index (χ0n) is 16.5. The van der Waals surface area contributed by atoms with Crippen molar-refractivity contribution in [3.63, 3.8) is 0 Å². The SMILES string of the molecule is COc1ccc(-c2nnc(S[C@@H](C)C(=O)c3ccc(F)c(F)c3)n2C(C)C)cc1. The standard InChI is InChI=1S/C21H21F2N3O2S/c1-12(2)26-20(14-5-8-16(28-4)9-6-14)24-25-21(26)29-13(3)19(27)15-7-10-17(22)18(23)11-15/h5-13H,1-4H3/t13-/m0/s1. The lowest BCUT2D eigenvalue weighted by molar-refractivity contribution is 0.0993. The van der Waals surface area contributed by atoms with E-state index in [4.69, 9.17) is 4.74 Å². The molecule has 0 aliphatic carbocycles. The van der Waals surface area contributed by atoms with Crippen molar-refractivity contribution in [2.24, 2.45) is 0 Å². The number of carbonyl (C=O) groups is 1. The predicted molar refractivity (Wildman–Crippen MR) is 108 cm³/mol. The van der Waals surface area contributed by atoms with E-state index in [1.807, 2.05) is 42.7 Å². The van der Waals surface area contributed by atoms with E-state index in [9.17, 15) is 13.6 Å². The summed E-state index contributed by atoms with van der Waals surface area (Å²) in [5.74, 6) is -0.911. The number of rotatable bonds is 7. The maximum Gasteiger partial charge on any atom is 0.192 e. The number of methoxy groups -OCH3 is 1. The van der Waals surface area contributed by atoms with E-state index in [-0.39, 0.29) is 17.4 Å². The van der Waals surface area contributed by atoms with Crippen molar-refractivity contribution >= 4 is 17.5 Å². The second kappa shape index (κ2) is 8.73. The average Bonchev–Trinajstić information content (AvgIpc) is 3.13. The van der Waals surface area contributed by atoms with Crippen LogP contribution < -0.4 is 4.74 Å². The third-order valence-corrected chi connectivity index (χ3v) is 5.44. The maximum absolute atomic E-state index is 13.5. The number of hydrogen-bond acceptors (Lipinski definition) is 5. The molecule has 0 saturated carbocycles. The molecule has 0 bridgehead atoms. The van der Waals surface area contributed by atoms with Gasteiger partial charge in [0, 0.05) is 17.2 Å². The fraction of sp³-hybridized carbons (Fsp3) is 0.286. The van der Waals surface area contributed by atoms with Crippen LogP contribution in [0.4, 0.5) is 8.78 Å². The highest BCUT2D eigenvalue weighted by molar-refractivity contribution is 8.00. The number of ether oxygens (including phenoxy) is 1. The molecule has 3 aromatic rings. The van der Waals surface area contributed by atoms with Crippen molar-refractivity contribution in [1.82, 2.24) is 14.8 Å². The summed E-state index contributed by atoms with van der Waals surface area (Å²) in [6.07, 6.45) is 0. The van der Waals surface area contributed by atoms with Gasteiger partial charge in [-0.25, -0.2) is 8.78 Å². The van der Waals surface area contributed by atoms with E-state index in [0.29, 0.717) is 11.0 Å². The summed E-state index contributed by atoms with van der Waals surface area (Å²) < 4.78 is 33.8. The van der Waals surface area contributed by atoms with Gasteiger partial charge >= 0.3 is 0 Å². The Morgan fingerprint density at radius 3 is 2.31 bits per heavy atom. The summed E-state index contributed by atoms with van der Waals surface area (Å²) >= 11 is 1.23. The van der Waals surface area contributed by atoms with E-state index < -0.39 is 16.9 Å². The topological polar surface area (TPSA) is 57.0 Å². The molecule has 2 aromatic carbocycles. The number of nitrogens with zero attached hydrogens (tertiary/aromatic N) is 3. The largest absolute Gasteiger partial charge is 0.497 e. The number of carbonyl (C=O) groups excluding carboxylic acids is 1. The molecule has 0 unspecified atom stereocenters. The average molecular weight is 417 g/mol. The molecule has 152 valence electrons. The highest BCUT2D eigenvalue weighted by atomic mass is 32.2. The van der Waals surface area contributed by atoms with Crippen LogP contribution in [0.2, 0.25) is 0 Å². The molecule has 5 nitrogen and oxygen atoms in total. The van der Waals surface area contributed by atoms with E-state index in [1.54, 1.807) is 14.0 Å². The van der Waals surface area contributed by atoms with Crippen LogP contribution in [0.25, 0.3) is 11.4 Å². The fourth-order valence-corrected chi connectivity index (χ4v) is 3.91. The van der Waals surface area contributed by atoms with Gasteiger partial charge in [-0.2, -0.15) is 0 Å². The maximum atomic E-state index is 13.5. The Kier molecular flexibility index (Phi) is 6.32. The zero-order chi connectivity index (χ0) is 21.1. The fourth-order valence-electron chi connectivity index (χ4n) is 2.86. The highest BCUT2D eigenvalue weighted by Crippen LogP contribution is 2.31. The molecule has 1 atom stereocenters. The molecule has 29 heavy (non-hydrogen) atoms. The van der Waals surface area contributed by atoms with E-state index in [0.717, 1.165) is 23.4 Å². The van der Waals surface area contributed by atoms with Crippen LogP contribution in [-0.2, 0) is 0 Å². The number of benzene rings is 2. The van der Waals surface area contributed by atoms with Crippen LogP contribution in [0, 0.1) is 11.6 Å². The smallest absolute Gasteiger partial charge is 0.192 e. The van der Waals surface area contributed by atoms with Gasteiger partial charge in [-0.15, -0.1) is 10.2 Å². The number of aromatic nitrogens is 3. The minimum Gasteiger partial charge on any atom is -0.497 e. The Balaban J connectivity index is 1.87. The van der Waals surface area contributed by atoms with Crippen LogP contribution in [0.15, 0.2) is 47.6 Å². The Bertz CT molecular complexity index is 1020. The third kappa shape index (κ3) is 4.48. The van der Waals surface area contributed by atoms with Gasteiger partial charge in [0.15, 0.2) is 28.4 Å². The van der Waals surface area contributed by atoms with Gasteiger partial charge in [0.25, 0.3) is 0 Å². The minimum atomic E-state index is -1.04. The van der Waals surface area contributed by atoms with Crippen molar-refractivity contribution in [3.8, 4) is 17.1 Å². The molecule has 8 heteroatoms. The number of halogens is 2. The molecule has 0 aliphatic rings. The van der Waals surface area contributed by atoms with Gasteiger partial charge in [-0.3, -0.25) is 9.36 Å². The highest BCUT2D eigenvalue weighted by Gasteiger charge is 2.23. The lowest BCUT2D eigenvalue weighted by Gasteiger charge is -2.16. The Hall–Kier alpha value is -2.74. The zero-order valence-corrected chi connectivity index (χ0v) is 17.3. The first-order chi connectivity index (χ1) is 13.8. The van der Waals surface area contributed by atoms with Crippen LogP contribution in [-0.4, -0.2) is 32.9 Å². The minimum absolute atomic E-state index is 0.0511. The van der Waals surface area contributed by atoms with Crippen molar-refractivity contribution in [2.75, 3.05) is 7.11 Å². The van der Waals surface area contributed by atoms with Gasteiger partial charge in [0.1, 0.15) is 5.75 Å². The molecular weight excluding hydrogens is 396 g/mol. The molecule has 3 rings (SSSR count). The van der Waals surface area contributed by atoms with Crippen LogP contribution >= 0.6 is 11.8 Å². The second-order valence-electron chi connectivity index (χ2n) is 6.75. The molecule has 1 aromatic heterocycles. The van der Waals surface area contributed by atoms with Gasteiger partial charge in [-0.1, -0.05) is 11.8 Å². The second-order valence-corrected chi connectivity index (χ2v) is 8.06. The Morgan fingerprint density at radius 2 is 1.72 bits per heavy atom. The normalized spacial score (nSPS) is 12.2. The van der Waals surface area contributed by atoms with Crippen molar-refractivity contribution in [3.05, 3.63) is 59.7 Å². The summed E-state index contributed by atoms with van der Waals surface area (Å²) in [5.41, 5.74) is 0.994. The first-order valence-corrected chi connectivity index (χ1v) is 9.95. The van der Waals surface area contributed by atoms with Crippen molar-refractivity contribution in [1.29, 1.82) is 0 Å². The number of hydrogen-bond donors (Lipinski definition) is 0. The molecule has 1 heterocycles. The van der Waals surface area contributed by atoms with Gasteiger partial charge in [-0.05, 0) is 63.2 Å². The van der Waals surface area contributed by atoms with Gasteiger partial charge < -0.3 is 4.74 Å². The first kappa shape index (κ1) is 21.0. The Morgan fingerprint density at radius 1 is 1.03 bits per heavy atom. The van der Waals surface area contributed by atoms with E-state index in [2.05, 4.69) is 10.2 Å². The molecule has 0 amide bonds. The Labute approximate surface area is 172 Å². The lowest BCUT2D eigenvalue weighted by atomic mass is 10.1. The number of thioether (sulfide) groups is 1. The van der Waals surface area contributed by atoms with Crippen LogP contribution in [0.5, 0.6) is 5.75 Å². The number of ketones is 1. The molecule has 0 saturated heterocycles. The first-order valence-electron chi connectivity index (χ1n) is 9.07. The summed E-state index contributed by atoms with van der Waals surface area (Å²) in [6, 6.07) is 10.7. The van der Waals surface area contributed by atoms with E-state index >= 15 is 0 Å². The van der Waals surface area contributed by atoms with Gasteiger partial charge in [0.2, 0.25) is 0 Å². The molecule has 0 fully saturated rings. The van der Waals surface area contributed by atoms with Crippen LogP contribution in [0.3, 0.4) is 0 Å². The van der Waals surface area contributed by atoms with Crippen LogP contribution in [0.1, 0.15) is 37.2 Å². The molecule has 0 spiro atoms. The number of Topliss-reactive ketones (excluding diaryl/α,β-unsaturated/α-hetero) is 1. The van der Waals surface area contributed by atoms with Gasteiger partial charge in [0.05, 0.1) is 12.4 Å². The third-order valence-electron chi connectivity index (χ3n) is 4.38.